The van der Waals surface area contributed by atoms with Gasteiger partial charge in [0.15, 0.2) is 5.13 Å². The molecule has 1 heterocycles. The molecule has 0 bridgehead atoms. The number of carbonyl (C=O) groups excluding carboxylic acids is 1. The number of hydrogen-bond donors (Lipinski definition) is 4. The molecule has 0 unspecified atom stereocenters. The number of hydrogen-bond acceptors (Lipinski definition) is 6. The number of aromatic hydroxyl groups is 1. The lowest BCUT2D eigenvalue weighted by Crippen LogP contribution is -2.20. The first-order valence-corrected chi connectivity index (χ1v) is 10.0. The Morgan fingerprint density at radius 2 is 1.82 bits per heavy atom. The molecule has 6 nitrogen and oxygen atoms in total. The van der Waals surface area contributed by atoms with E-state index in [9.17, 15) is 9.90 Å². The number of rotatable bonds is 9. The highest BCUT2D eigenvalue weighted by molar-refractivity contribution is 7.13. The maximum atomic E-state index is 12.0. The first-order valence-electron chi connectivity index (χ1n) is 9.16. The number of benzene rings is 2. The van der Waals surface area contributed by atoms with E-state index < -0.39 is 0 Å². The van der Waals surface area contributed by atoms with Gasteiger partial charge in [-0.25, -0.2) is 4.98 Å². The molecule has 3 rings (SSSR count). The van der Waals surface area contributed by atoms with E-state index >= 15 is 0 Å². The summed E-state index contributed by atoms with van der Waals surface area (Å²) in [6.07, 6.45) is 1.91. The summed E-state index contributed by atoms with van der Waals surface area (Å²) >= 11 is 1.33. The topological polar surface area (TPSA) is 100 Å². The number of nitrogens with two attached hydrogens (primary N) is 1. The van der Waals surface area contributed by atoms with E-state index in [2.05, 4.69) is 15.6 Å². The largest absolute Gasteiger partial charge is 0.508 e. The number of aromatic nitrogens is 1. The smallest absolute Gasteiger partial charge is 0.230 e. The lowest BCUT2D eigenvalue weighted by Gasteiger charge is -2.08. The van der Waals surface area contributed by atoms with Crippen molar-refractivity contribution in [2.24, 2.45) is 0 Å². The van der Waals surface area contributed by atoms with Gasteiger partial charge in [-0.1, -0.05) is 30.3 Å². The molecule has 0 saturated carbocycles. The first-order chi connectivity index (χ1) is 13.6. The van der Waals surface area contributed by atoms with Crippen LogP contribution in [0.2, 0.25) is 0 Å². The van der Waals surface area contributed by atoms with E-state index in [-0.39, 0.29) is 12.3 Å². The summed E-state index contributed by atoms with van der Waals surface area (Å²) in [5, 5.41) is 18.3. The minimum Gasteiger partial charge on any atom is -0.508 e. The molecule has 0 aliphatic rings. The van der Waals surface area contributed by atoms with Crippen molar-refractivity contribution < 1.29 is 9.90 Å². The third-order valence-corrected chi connectivity index (χ3v) is 5.02. The highest BCUT2D eigenvalue weighted by Crippen LogP contribution is 2.16. The highest BCUT2D eigenvalue weighted by Gasteiger charge is 2.07. The van der Waals surface area contributed by atoms with Crippen LogP contribution in [0.1, 0.15) is 16.8 Å². The van der Waals surface area contributed by atoms with Crippen molar-refractivity contribution in [1.29, 1.82) is 0 Å². The fraction of sp³-hybridized carbons (Fsp3) is 0.238. The summed E-state index contributed by atoms with van der Waals surface area (Å²) in [4.78, 5) is 16.1. The summed E-state index contributed by atoms with van der Waals surface area (Å²) in [6.45, 7) is 1.66. The van der Waals surface area contributed by atoms with Gasteiger partial charge in [0.1, 0.15) is 5.75 Å². The molecule has 0 atom stereocenters. The van der Waals surface area contributed by atoms with E-state index in [1.807, 2.05) is 42.5 Å². The monoisotopic (exact) mass is 396 g/mol. The number of thiazole rings is 1. The molecule has 0 radical (unpaired) electrons. The van der Waals surface area contributed by atoms with Gasteiger partial charge in [-0.3, -0.25) is 4.79 Å². The van der Waals surface area contributed by atoms with Crippen molar-refractivity contribution in [2.75, 3.05) is 24.1 Å². The van der Waals surface area contributed by atoms with Gasteiger partial charge in [-0.15, -0.1) is 11.3 Å². The summed E-state index contributed by atoms with van der Waals surface area (Å²) in [7, 11) is 0. The Balaban J connectivity index is 1.37. The Labute approximate surface area is 168 Å². The molecule has 146 valence electrons. The maximum Gasteiger partial charge on any atom is 0.230 e. The second-order valence-electron chi connectivity index (χ2n) is 6.48. The zero-order valence-electron chi connectivity index (χ0n) is 15.5. The van der Waals surface area contributed by atoms with E-state index in [1.165, 1.54) is 16.9 Å². The molecule has 0 spiro atoms. The Bertz CT molecular complexity index is 909. The molecule has 0 fully saturated rings. The Kier molecular flexibility index (Phi) is 7.00. The second kappa shape index (κ2) is 9.87. The molecular weight excluding hydrogens is 372 g/mol. The maximum absolute atomic E-state index is 12.0. The molecular formula is C21H24N4O2S. The van der Waals surface area contributed by atoms with Crippen molar-refractivity contribution in [3.63, 3.8) is 0 Å². The number of para-hydroxylation sites is 1. The third-order valence-electron chi connectivity index (χ3n) is 4.30. The Morgan fingerprint density at radius 1 is 1.07 bits per heavy atom. The molecule has 0 aliphatic carbocycles. The van der Waals surface area contributed by atoms with Crippen molar-refractivity contribution in [1.82, 2.24) is 10.3 Å². The average Bonchev–Trinajstić information content (AvgIpc) is 3.08. The predicted octanol–water partition coefficient (Wildman–Crippen LogP) is 2.99. The quantitative estimate of drug-likeness (QED) is 0.417. The van der Waals surface area contributed by atoms with Gasteiger partial charge < -0.3 is 21.5 Å². The highest BCUT2D eigenvalue weighted by atomic mass is 32.1. The van der Waals surface area contributed by atoms with Crippen LogP contribution in [0.15, 0.2) is 53.9 Å². The number of anilines is 2. The number of nitrogen functional groups attached to an aromatic ring is 1. The normalized spacial score (nSPS) is 10.7. The van der Waals surface area contributed by atoms with Gasteiger partial charge in [0, 0.05) is 11.1 Å². The van der Waals surface area contributed by atoms with Crippen LogP contribution in [0.25, 0.3) is 0 Å². The molecule has 0 aliphatic heterocycles. The van der Waals surface area contributed by atoms with Crippen LogP contribution >= 0.6 is 11.3 Å². The number of phenolic OH excluding ortho intramolecular Hbond substituents is 1. The summed E-state index contributed by atoms with van der Waals surface area (Å²) in [5.74, 6) is 0.240. The lowest BCUT2D eigenvalue weighted by atomic mass is 10.1. The van der Waals surface area contributed by atoms with Crippen molar-refractivity contribution >= 4 is 28.1 Å². The number of phenols is 1. The SMILES string of the molecule is Nc1nc(CC(=O)Nc2ccc(CCNCCc3ccccc3O)cc2)cs1. The fourth-order valence-electron chi connectivity index (χ4n) is 2.83. The van der Waals surface area contributed by atoms with E-state index in [4.69, 9.17) is 5.73 Å². The molecule has 3 aromatic rings. The Morgan fingerprint density at radius 3 is 2.54 bits per heavy atom. The van der Waals surface area contributed by atoms with E-state index in [0.717, 1.165) is 37.2 Å². The van der Waals surface area contributed by atoms with Gasteiger partial charge in [-0.05, 0) is 55.3 Å². The van der Waals surface area contributed by atoms with Gasteiger partial charge in [0.05, 0.1) is 12.1 Å². The van der Waals surface area contributed by atoms with Gasteiger partial charge in [0.2, 0.25) is 5.91 Å². The summed E-state index contributed by atoms with van der Waals surface area (Å²) in [6, 6.07) is 15.3. The number of nitrogens with zero attached hydrogens (tertiary/aromatic N) is 1. The lowest BCUT2D eigenvalue weighted by molar-refractivity contribution is -0.115. The molecule has 5 N–H and O–H groups in total. The van der Waals surface area contributed by atoms with Crippen LogP contribution < -0.4 is 16.4 Å². The molecule has 2 aromatic carbocycles. The minimum absolute atomic E-state index is 0.108. The molecule has 28 heavy (non-hydrogen) atoms. The number of carbonyl (C=O) groups is 1. The standard InChI is InChI=1S/C21H24N4O2S/c22-21-25-18(14-28-21)13-20(27)24-17-7-5-15(6-8-17)9-11-23-12-10-16-3-1-2-4-19(16)26/h1-8,14,23,26H,9-13H2,(H2,22,25)(H,24,27). The van der Waals surface area contributed by atoms with E-state index in [0.29, 0.717) is 16.6 Å². The fourth-order valence-corrected chi connectivity index (χ4v) is 3.39. The molecule has 0 saturated heterocycles. The van der Waals surface area contributed by atoms with Gasteiger partial charge >= 0.3 is 0 Å². The minimum atomic E-state index is -0.108. The number of amides is 1. The zero-order valence-corrected chi connectivity index (χ0v) is 16.3. The average molecular weight is 397 g/mol. The van der Waals surface area contributed by atoms with Crippen LogP contribution in [0.5, 0.6) is 5.75 Å². The van der Waals surface area contributed by atoms with Crippen molar-refractivity contribution in [3.05, 3.63) is 70.7 Å². The van der Waals surface area contributed by atoms with Crippen molar-refractivity contribution in [3.8, 4) is 5.75 Å². The summed E-state index contributed by atoms with van der Waals surface area (Å²) < 4.78 is 0. The molecule has 1 amide bonds. The van der Waals surface area contributed by atoms with Crippen molar-refractivity contribution in [2.45, 2.75) is 19.3 Å². The molecule has 7 heteroatoms. The van der Waals surface area contributed by atoms with Crippen LogP contribution in [0, 0.1) is 0 Å². The zero-order chi connectivity index (χ0) is 19.8. The van der Waals surface area contributed by atoms with Crippen LogP contribution in [0.4, 0.5) is 10.8 Å². The van der Waals surface area contributed by atoms with Gasteiger partial charge in [-0.2, -0.15) is 0 Å². The Hall–Kier alpha value is -2.90. The van der Waals surface area contributed by atoms with Crippen LogP contribution in [-0.4, -0.2) is 29.1 Å². The molecule has 1 aromatic heterocycles. The van der Waals surface area contributed by atoms with Crippen LogP contribution in [0.3, 0.4) is 0 Å². The third kappa shape index (κ3) is 6.07. The second-order valence-corrected chi connectivity index (χ2v) is 7.37. The summed E-state index contributed by atoms with van der Waals surface area (Å²) in [5.41, 5.74) is 9.18. The first kappa shape index (κ1) is 19.9. The van der Waals surface area contributed by atoms with Gasteiger partial charge in [0.25, 0.3) is 0 Å². The van der Waals surface area contributed by atoms with E-state index in [1.54, 1.807) is 11.4 Å². The van der Waals surface area contributed by atoms with Crippen LogP contribution in [-0.2, 0) is 24.1 Å². The predicted molar refractivity (Wildman–Crippen MR) is 114 cm³/mol. The number of nitrogens with one attached hydrogen (secondary N) is 2.